The van der Waals surface area contributed by atoms with Crippen LogP contribution >= 0.6 is 0 Å². The maximum atomic E-state index is 12.0. The van der Waals surface area contributed by atoms with Crippen LogP contribution in [0.2, 0.25) is 10.1 Å². The molecule has 0 amide bonds. The van der Waals surface area contributed by atoms with Gasteiger partial charge in [-0.05, 0) is 0 Å². The average Bonchev–Trinajstić information content (AvgIpc) is 2.48. The standard InChI is InChI=1S/C16H24O3Se/c1-4-5-11-20-12(2)14(16(18)19-3)15(17)13-9-7-6-8-10-13/h6-10,12,14-15,17H,4-5,11H2,1-3H3. The van der Waals surface area contributed by atoms with Crippen LogP contribution in [0.3, 0.4) is 0 Å². The molecule has 3 unspecified atom stereocenters. The molecule has 4 heteroatoms. The molecule has 0 saturated carbocycles. The normalized spacial score (nSPS) is 15.4. The summed E-state index contributed by atoms with van der Waals surface area (Å²) in [6, 6.07) is 9.36. The molecule has 0 aliphatic carbocycles. The molecule has 20 heavy (non-hydrogen) atoms. The Balaban J connectivity index is 2.80. The van der Waals surface area contributed by atoms with Gasteiger partial charge in [-0.25, -0.2) is 0 Å². The van der Waals surface area contributed by atoms with Crippen molar-refractivity contribution in [1.82, 2.24) is 0 Å². The van der Waals surface area contributed by atoms with Crippen molar-refractivity contribution in [3.8, 4) is 0 Å². The number of methoxy groups -OCH3 is 1. The van der Waals surface area contributed by atoms with E-state index < -0.39 is 12.0 Å². The molecule has 3 nitrogen and oxygen atoms in total. The van der Waals surface area contributed by atoms with E-state index in [2.05, 4.69) is 6.92 Å². The van der Waals surface area contributed by atoms with Crippen molar-refractivity contribution in [1.29, 1.82) is 0 Å². The SMILES string of the molecule is CCCC[Se]C(C)C(C(=O)OC)C(O)c1ccccc1. The first kappa shape index (κ1) is 17.2. The molecule has 0 fully saturated rings. The van der Waals surface area contributed by atoms with Gasteiger partial charge in [0, 0.05) is 0 Å². The molecule has 0 spiro atoms. The number of benzene rings is 1. The zero-order valence-corrected chi connectivity index (χ0v) is 14.1. The Morgan fingerprint density at radius 1 is 1.35 bits per heavy atom. The Morgan fingerprint density at radius 2 is 2.00 bits per heavy atom. The number of unbranched alkanes of at least 4 members (excludes halogenated alkanes) is 1. The Morgan fingerprint density at radius 3 is 2.55 bits per heavy atom. The number of rotatable bonds is 8. The molecule has 1 N–H and O–H groups in total. The maximum absolute atomic E-state index is 12.0. The quantitative estimate of drug-likeness (QED) is 0.448. The Bertz CT molecular complexity index is 394. The van der Waals surface area contributed by atoms with Crippen LogP contribution in [0.15, 0.2) is 30.3 Å². The van der Waals surface area contributed by atoms with Gasteiger partial charge in [-0.2, -0.15) is 0 Å². The molecule has 0 bridgehead atoms. The summed E-state index contributed by atoms with van der Waals surface area (Å²) in [5, 5.41) is 11.7. The third kappa shape index (κ3) is 4.93. The van der Waals surface area contributed by atoms with Gasteiger partial charge in [-0.3, -0.25) is 0 Å². The number of ether oxygens (including phenoxy) is 1. The molecule has 112 valence electrons. The van der Waals surface area contributed by atoms with Crippen molar-refractivity contribution in [3.63, 3.8) is 0 Å². The van der Waals surface area contributed by atoms with Gasteiger partial charge in [0.25, 0.3) is 0 Å². The van der Waals surface area contributed by atoms with E-state index >= 15 is 0 Å². The summed E-state index contributed by atoms with van der Waals surface area (Å²) in [5.41, 5.74) is 0.779. The van der Waals surface area contributed by atoms with E-state index in [1.54, 1.807) is 0 Å². The van der Waals surface area contributed by atoms with Gasteiger partial charge in [-0.15, -0.1) is 0 Å². The summed E-state index contributed by atoms with van der Waals surface area (Å²) in [6.45, 7) is 4.21. The first-order chi connectivity index (χ1) is 9.61. The summed E-state index contributed by atoms with van der Waals surface area (Å²) in [5.74, 6) is -0.786. The van der Waals surface area contributed by atoms with Gasteiger partial charge in [0.15, 0.2) is 0 Å². The second kappa shape index (κ2) is 9.17. The van der Waals surface area contributed by atoms with Gasteiger partial charge < -0.3 is 0 Å². The number of aliphatic hydroxyl groups excluding tert-OH is 1. The third-order valence-corrected chi connectivity index (χ3v) is 6.16. The van der Waals surface area contributed by atoms with Gasteiger partial charge in [0.2, 0.25) is 0 Å². The van der Waals surface area contributed by atoms with Gasteiger partial charge in [0.05, 0.1) is 0 Å². The van der Waals surface area contributed by atoms with E-state index in [9.17, 15) is 9.90 Å². The molecule has 0 radical (unpaired) electrons. The van der Waals surface area contributed by atoms with Crippen LogP contribution in [0.4, 0.5) is 0 Å². The number of esters is 1. The summed E-state index contributed by atoms with van der Waals surface area (Å²) in [7, 11) is 1.39. The second-order valence-corrected chi connectivity index (χ2v) is 7.95. The van der Waals surface area contributed by atoms with E-state index in [4.69, 9.17) is 4.74 Å². The topological polar surface area (TPSA) is 46.5 Å². The molecule has 1 aromatic carbocycles. The molecule has 1 aromatic rings. The van der Waals surface area contributed by atoms with Gasteiger partial charge >= 0.3 is 127 Å². The Kier molecular flexibility index (Phi) is 7.90. The minimum absolute atomic E-state index is 0.164. The van der Waals surface area contributed by atoms with Gasteiger partial charge in [-0.1, -0.05) is 0 Å². The Hall–Kier alpha value is -0.831. The number of aliphatic hydroxyl groups is 1. The fraction of sp³-hybridized carbons (Fsp3) is 0.562. The predicted octanol–water partition coefficient (Wildman–Crippen LogP) is 3.24. The van der Waals surface area contributed by atoms with Crippen LogP contribution in [-0.4, -0.2) is 33.1 Å². The van der Waals surface area contributed by atoms with Crippen molar-refractivity contribution in [2.45, 2.75) is 42.9 Å². The van der Waals surface area contributed by atoms with E-state index in [1.807, 2.05) is 37.3 Å². The van der Waals surface area contributed by atoms with Crippen molar-refractivity contribution in [3.05, 3.63) is 35.9 Å². The molecule has 0 aliphatic heterocycles. The average molecular weight is 343 g/mol. The minimum atomic E-state index is -0.790. The Labute approximate surface area is 127 Å². The fourth-order valence-corrected chi connectivity index (χ4v) is 4.80. The van der Waals surface area contributed by atoms with E-state index in [0.29, 0.717) is 15.0 Å². The number of carbonyl (C=O) groups is 1. The molecule has 0 aliphatic rings. The van der Waals surface area contributed by atoms with E-state index in [-0.39, 0.29) is 10.8 Å². The summed E-state index contributed by atoms with van der Waals surface area (Å²) < 4.78 is 4.89. The fourth-order valence-electron chi connectivity index (χ4n) is 2.09. The molecule has 0 heterocycles. The summed E-state index contributed by atoms with van der Waals surface area (Å²) in [4.78, 5) is 12.2. The molecular formula is C16H24O3Se. The molecule has 1 rings (SSSR count). The van der Waals surface area contributed by atoms with E-state index in [0.717, 1.165) is 10.9 Å². The number of carbonyl (C=O) groups excluding carboxylic acids is 1. The molecule has 3 atom stereocenters. The molecular weight excluding hydrogens is 319 g/mol. The van der Waals surface area contributed by atoms with Crippen molar-refractivity contribution in [2.24, 2.45) is 5.92 Å². The summed E-state index contributed by atoms with van der Waals surface area (Å²) >= 11 is 0.338. The van der Waals surface area contributed by atoms with Crippen LogP contribution in [0.25, 0.3) is 0 Å². The first-order valence-electron chi connectivity index (χ1n) is 7.04. The molecule has 0 saturated heterocycles. The van der Waals surface area contributed by atoms with Crippen molar-refractivity contribution >= 4 is 20.9 Å². The summed E-state index contributed by atoms with van der Waals surface area (Å²) in [6.07, 6.45) is 1.56. The van der Waals surface area contributed by atoms with Gasteiger partial charge in [0.1, 0.15) is 0 Å². The number of hydrogen-bond acceptors (Lipinski definition) is 3. The van der Waals surface area contributed by atoms with Crippen LogP contribution in [0.1, 0.15) is 38.4 Å². The number of hydrogen-bond donors (Lipinski definition) is 1. The third-order valence-electron chi connectivity index (χ3n) is 3.34. The van der Waals surface area contributed by atoms with Crippen LogP contribution in [-0.2, 0) is 9.53 Å². The van der Waals surface area contributed by atoms with Crippen molar-refractivity contribution < 1.29 is 14.6 Å². The van der Waals surface area contributed by atoms with Crippen LogP contribution in [0.5, 0.6) is 0 Å². The predicted molar refractivity (Wildman–Crippen MR) is 81.8 cm³/mol. The van der Waals surface area contributed by atoms with E-state index in [1.165, 1.54) is 20.0 Å². The second-order valence-electron chi connectivity index (χ2n) is 4.83. The van der Waals surface area contributed by atoms with Crippen LogP contribution in [0, 0.1) is 5.92 Å². The molecule has 0 aromatic heterocycles. The zero-order valence-electron chi connectivity index (χ0n) is 12.4. The van der Waals surface area contributed by atoms with Crippen LogP contribution < -0.4 is 0 Å². The zero-order chi connectivity index (χ0) is 15.0. The monoisotopic (exact) mass is 344 g/mol. The first-order valence-corrected chi connectivity index (χ1v) is 9.24. The van der Waals surface area contributed by atoms with Crippen molar-refractivity contribution in [2.75, 3.05) is 7.11 Å².